The number of ether oxygens (including phenoxy) is 1. The van der Waals surface area contributed by atoms with Gasteiger partial charge in [-0.25, -0.2) is 4.79 Å². The van der Waals surface area contributed by atoms with E-state index in [0.29, 0.717) is 0 Å². The average Bonchev–Trinajstić information content (AvgIpc) is 2.48. The van der Waals surface area contributed by atoms with Crippen molar-refractivity contribution in [2.45, 2.75) is 71.9 Å². The highest BCUT2D eigenvalue weighted by atomic mass is 28.4. The molecule has 0 rings (SSSR count). The van der Waals surface area contributed by atoms with Crippen molar-refractivity contribution in [3.63, 3.8) is 0 Å². The highest BCUT2D eigenvalue weighted by Gasteiger charge is 2.40. The van der Waals surface area contributed by atoms with Crippen molar-refractivity contribution in [2.24, 2.45) is 11.8 Å². The molecule has 0 saturated carbocycles. The first-order valence-corrected chi connectivity index (χ1v) is 11.5. The molecule has 0 aromatic carbocycles. The highest BCUT2D eigenvalue weighted by molar-refractivity contribution is 6.74. The molecule has 0 aliphatic rings. The molecule has 0 aliphatic carbocycles. The van der Waals surface area contributed by atoms with Crippen LogP contribution in [0.15, 0.2) is 24.3 Å². The lowest BCUT2D eigenvalue weighted by Gasteiger charge is -2.41. The van der Waals surface area contributed by atoms with E-state index >= 15 is 0 Å². The first-order chi connectivity index (χ1) is 10.9. The van der Waals surface area contributed by atoms with Gasteiger partial charge in [0.1, 0.15) is 0 Å². The molecule has 5 heteroatoms. The van der Waals surface area contributed by atoms with Gasteiger partial charge in [0, 0.05) is 17.9 Å². The number of hydrogen-bond donors (Lipinski definition) is 1. The van der Waals surface area contributed by atoms with Gasteiger partial charge in [0.2, 0.25) is 0 Å². The summed E-state index contributed by atoms with van der Waals surface area (Å²) in [7, 11) is -0.606. The van der Waals surface area contributed by atoms with Gasteiger partial charge in [-0.05, 0) is 25.1 Å². The fourth-order valence-electron chi connectivity index (χ4n) is 2.11. The molecule has 0 bridgehead atoms. The zero-order chi connectivity index (χ0) is 19.1. The van der Waals surface area contributed by atoms with E-state index in [4.69, 9.17) is 4.43 Å². The third-order valence-corrected chi connectivity index (χ3v) is 9.43. The van der Waals surface area contributed by atoms with E-state index in [1.54, 1.807) is 6.08 Å². The van der Waals surface area contributed by atoms with E-state index in [2.05, 4.69) is 38.6 Å². The molecule has 0 heterocycles. The van der Waals surface area contributed by atoms with Crippen LogP contribution < -0.4 is 0 Å². The van der Waals surface area contributed by atoms with E-state index in [-0.39, 0.29) is 23.0 Å². The quantitative estimate of drug-likeness (QED) is 0.305. The van der Waals surface area contributed by atoms with Gasteiger partial charge in [-0.15, -0.1) is 0 Å². The molecule has 0 fully saturated rings. The fraction of sp³-hybridized carbons (Fsp3) is 0.737. The number of allylic oxidation sites excluding steroid dienone is 1. The van der Waals surface area contributed by atoms with E-state index in [1.807, 2.05) is 32.9 Å². The normalized spacial score (nSPS) is 18.6. The van der Waals surface area contributed by atoms with Crippen LogP contribution in [0.2, 0.25) is 18.1 Å². The van der Waals surface area contributed by atoms with Crippen LogP contribution in [0.3, 0.4) is 0 Å². The van der Waals surface area contributed by atoms with Gasteiger partial charge < -0.3 is 14.3 Å². The molecule has 0 amide bonds. The maximum atomic E-state index is 11.2. The van der Waals surface area contributed by atoms with Crippen molar-refractivity contribution in [1.82, 2.24) is 0 Å². The Labute approximate surface area is 149 Å². The predicted molar refractivity (Wildman–Crippen MR) is 102 cm³/mol. The maximum absolute atomic E-state index is 11.2. The van der Waals surface area contributed by atoms with Crippen LogP contribution in [-0.2, 0) is 14.0 Å². The lowest BCUT2D eigenvalue weighted by molar-refractivity contribution is -0.134. The maximum Gasteiger partial charge on any atom is 0.330 e. The largest absolute Gasteiger partial charge is 0.466 e. The molecule has 0 aliphatic heterocycles. The number of rotatable bonds is 8. The number of methoxy groups -OCH3 is 1. The van der Waals surface area contributed by atoms with Crippen LogP contribution in [0.25, 0.3) is 0 Å². The van der Waals surface area contributed by atoms with Crippen LogP contribution in [0.5, 0.6) is 0 Å². The van der Waals surface area contributed by atoms with Gasteiger partial charge >= 0.3 is 5.97 Å². The van der Waals surface area contributed by atoms with Gasteiger partial charge in [-0.3, -0.25) is 0 Å². The number of hydrogen-bond acceptors (Lipinski definition) is 4. The smallest absolute Gasteiger partial charge is 0.330 e. The Morgan fingerprint density at radius 3 is 2.12 bits per heavy atom. The first kappa shape index (κ1) is 23.1. The fourth-order valence-corrected chi connectivity index (χ4v) is 3.44. The summed E-state index contributed by atoms with van der Waals surface area (Å²) in [4.78, 5) is 11.2. The van der Waals surface area contributed by atoms with Crippen LogP contribution in [0, 0.1) is 11.8 Å². The monoisotopic (exact) mass is 356 g/mol. The molecule has 0 aromatic heterocycles. The lowest BCUT2D eigenvalue weighted by atomic mass is 9.89. The third kappa shape index (κ3) is 6.91. The summed E-state index contributed by atoms with van der Waals surface area (Å²) in [5, 5.41) is 10.8. The molecule has 0 aromatic rings. The molecule has 0 unspecified atom stereocenters. The second-order valence-corrected chi connectivity index (χ2v) is 12.7. The second-order valence-electron chi connectivity index (χ2n) is 7.96. The Kier molecular flexibility index (Phi) is 9.18. The molecular formula is C19H36O4Si. The average molecular weight is 357 g/mol. The summed E-state index contributed by atoms with van der Waals surface area (Å²) < 4.78 is 11.1. The van der Waals surface area contributed by atoms with Crippen molar-refractivity contribution in [2.75, 3.05) is 7.11 Å². The van der Waals surface area contributed by atoms with Crippen molar-refractivity contribution >= 4 is 14.3 Å². The molecule has 0 radical (unpaired) electrons. The molecule has 140 valence electrons. The van der Waals surface area contributed by atoms with Gasteiger partial charge in [0.15, 0.2) is 8.32 Å². The standard InChI is InChI=1S/C19H36O4Si/c1-10-11-16(23-24(8,9)19(4,5)6)15(3)18(21)14(2)12-13-17(20)22-7/h10-16,18,21H,1-9H3/b11-10+,13-12+/t14-,15+,16-,18+/m0/s1. The second kappa shape index (κ2) is 9.54. The van der Waals surface area contributed by atoms with E-state index < -0.39 is 20.4 Å². The molecule has 4 nitrogen and oxygen atoms in total. The van der Waals surface area contributed by atoms with Crippen molar-refractivity contribution < 1.29 is 19.1 Å². The zero-order valence-electron chi connectivity index (χ0n) is 16.8. The highest BCUT2D eigenvalue weighted by Crippen LogP contribution is 2.38. The van der Waals surface area contributed by atoms with Crippen molar-refractivity contribution in [3.8, 4) is 0 Å². The minimum Gasteiger partial charge on any atom is -0.466 e. The molecular weight excluding hydrogens is 320 g/mol. The molecule has 0 spiro atoms. The number of esters is 1. The summed E-state index contributed by atoms with van der Waals surface area (Å²) in [6.07, 6.45) is 6.27. The SMILES string of the molecule is C/C=C/[C@H](O[Si](C)(C)C(C)(C)C)[C@@H](C)[C@H](O)[C@@H](C)/C=C/C(=O)OC. The Balaban J connectivity index is 5.18. The van der Waals surface area contributed by atoms with Gasteiger partial charge in [-0.2, -0.15) is 0 Å². The minimum absolute atomic E-state index is 0.0902. The van der Waals surface area contributed by atoms with Crippen LogP contribution in [0.4, 0.5) is 0 Å². The Hall–Kier alpha value is -0.913. The molecule has 24 heavy (non-hydrogen) atoms. The van der Waals surface area contributed by atoms with Gasteiger partial charge in [0.05, 0.1) is 19.3 Å². The van der Waals surface area contributed by atoms with Crippen LogP contribution in [-0.4, -0.2) is 38.7 Å². The Bertz CT molecular complexity index is 449. The summed E-state index contributed by atoms with van der Waals surface area (Å²) in [5.74, 6) is -0.674. The Morgan fingerprint density at radius 2 is 1.71 bits per heavy atom. The van der Waals surface area contributed by atoms with E-state index in [9.17, 15) is 9.90 Å². The Morgan fingerprint density at radius 1 is 1.17 bits per heavy atom. The van der Waals surface area contributed by atoms with Crippen molar-refractivity contribution in [3.05, 3.63) is 24.3 Å². The molecule has 1 N–H and O–H groups in total. The lowest BCUT2D eigenvalue weighted by Crippen LogP contribution is -2.47. The number of aliphatic hydroxyl groups is 1. The third-order valence-electron chi connectivity index (χ3n) is 4.95. The number of aliphatic hydroxyl groups excluding tert-OH is 1. The van der Waals surface area contributed by atoms with E-state index in [0.717, 1.165) is 0 Å². The summed E-state index contributed by atoms with van der Waals surface area (Å²) in [6, 6.07) is 0. The number of carbonyl (C=O) groups excluding carboxylic acids is 1. The minimum atomic E-state index is -1.95. The summed E-state index contributed by atoms with van der Waals surface area (Å²) in [6.45, 7) is 16.9. The van der Waals surface area contributed by atoms with Crippen molar-refractivity contribution in [1.29, 1.82) is 0 Å². The molecule has 0 saturated heterocycles. The zero-order valence-corrected chi connectivity index (χ0v) is 17.8. The first-order valence-electron chi connectivity index (χ1n) is 8.62. The topological polar surface area (TPSA) is 55.8 Å². The van der Waals surface area contributed by atoms with Gasteiger partial charge in [-0.1, -0.05) is 52.8 Å². The molecule has 4 atom stereocenters. The predicted octanol–water partition coefficient (Wildman–Crippen LogP) is 4.32. The summed E-state index contributed by atoms with van der Waals surface area (Å²) in [5.41, 5.74) is 0. The van der Waals surface area contributed by atoms with Gasteiger partial charge in [0.25, 0.3) is 0 Å². The van der Waals surface area contributed by atoms with Crippen LogP contribution >= 0.6 is 0 Å². The van der Waals surface area contributed by atoms with E-state index in [1.165, 1.54) is 13.2 Å². The van der Waals surface area contributed by atoms with Crippen LogP contribution in [0.1, 0.15) is 41.5 Å². The number of carbonyl (C=O) groups is 1. The summed E-state index contributed by atoms with van der Waals surface area (Å²) >= 11 is 0.